The fraction of sp³-hybridized carbons (Fsp3) is 0.750. The summed E-state index contributed by atoms with van der Waals surface area (Å²) in [6, 6.07) is 0. The minimum atomic E-state index is 0.274. The van der Waals surface area contributed by atoms with Crippen molar-refractivity contribution in [1.82, 2.24) is 0 Å². The average molecular weight is 220 g/mol. The molecule has 0 aromatic carbocycles. The smallest absolute Gasteiger partial charge is 0.0177 e. The van der Waals surface area contributed by atoms with E-state index in [1.54, 1.807) is 0 Å². The molecule has 0 aromatic rings. The van der Waals surface area contributed by atoms with E-state index in [9.17, 15) is 0 Å². The van der Waals surface area contributed by atoms with Crippen molar-refractivity contribution in [3.63, 3.8) is 0 Å². The van der Waals surface area contributed by atoms with Crippen LogP contribution in [0.1, 0.15) is 66.7 Å². The molecule has 0 N–H and O–H groups in total. The topological polar surface area (TPSA) is 0 Å². The van der Waals surface area contributed by atoms with Gasteiger partial charge in [0, 0.05) is 6.42 Å². The molecule has 0 rings (SSSR count). The molecule has 0 aliphatic heterocycles. The SMILES string of the molecule is CC#CCC(C)(C=CCC)CC(CC)CC. The Hall–Kier alpha value is -0.700. The van der Waals surface area contributed by atoms with Gasteiger partial charge in [0.1, 0.15) is 0 Å². The second kappa shape index (κ2) is 8.45. The van der Waals surface area contributed by atoms with Crippen molar-refractivity contribution in [3.05, 3.63) is 12.2 Å². The predicted octanol–water partition coefficient (Wildman–Crippen LogP) is 5.20. The summed E-state index contributed by atoms with van der Waals surface area (Å²) in [5, 5.41) is 0. The second-order valence-corrected chi connectivity index (χ2v) is 4.95. The summed E-state index contributed by atoms with van der Waals surface area (Å²) in [7, 11) is 0. The Morgan fingerprint density at radius 3 is 2.25 bits per heavy atom. The van der Waals surface area contributed by atoms with Crippen LogP contribution in [0.3, 0.4) is 0 Å². The number of hydrogen-bond acceptors (Lipinski definition) is 0. The standard InChI is InChI=1S/C16H28/c1-6-10-12-16(5,13-11-7-2)14-15(8-3)9-4/h10,12,15H,6,8-9,13-14H2,1-5H3. The van der Waals surface area contributed by atoms with Crippen LogP contribution in [-0.2, 0) is 0 Å². The van der Waals surface area contributed by atoms with Crippen LogP contribution in [-0.4, -0.2) is 0 Å². The van der Waals surface area contributed by atoms with Crippen molar-refractivity contribution in [3.8, 4) is 11.8 Å². The van der Waals surface area contributed by atoms with Gasteiger partial charge in [-0.2, -0.15) is 0 Å². The molecule has 0 saturated heterocycles. The summed E-state index contributed by atoms with van der Waals surface area (Å²) in [4.78, 5) is 0. The highest BCUT2D eigenvalue weighted by molar-refractivity contribution is 5.07. The molecule has 16 heavy (non-hydrogen) atoms. The molecule has 0 aromatic heterocycles. The Balaban J connectivity index is 4.60. The van der Waals surface area contributed by atoms with Gasteiger partial charge in [0.15, 0.2) is 0 Å². The van der Waals surface area contributed by atoms with E-state index < -0.39 is 0 Å². The Morgan fingerprint density at radius 2 is 1.81 bits per heavy atom. The van der Waals surface area contributed by atoms with Crippen LogP contribution >= 0.6 is 0 Å². The van der Waals surface area contributed by atoms with E-state index in [4.69, 9.17) is 0 Å². The van der Waals surface area contributed by atoms with Crippen LogP contribution in [0, 0.1) is 23.2 Å². The minimum Gasteiger partial charge on any atom is -0.107 e. The lowest BCUT2D eigenvalue weighted by atomic mass is 9.76. The van der Waals surface area contributed by atoms with E-state index >= 15 is 0 Å². The van der Waals surface area contributed by atoms with Gasteiger partial charge in [0.05, 0.1) is 0 Å². The molecule has 0 spiro atoms. The fourth-order valence-corrected chi connectivity index (χ4v) is 2.13. The minimum absolute atomic E-state index is 0.274. The van der Waals surface area contributed by atoms with Crippen LogP contribution in [0.25, 0.3) is 0 Å². The van der Waals surface area contributed by atoms with Crippen LogP contribution in [0.2, 0.25) is 0 Å². The monoisotopic (exact) mass is 220 g/mol. The molecule has 0 heterocycles. The zero-order valence-electron chi connectivity index (χ0n) is 11.8. The first-order valence-corrected chi connectivity index (χ1v) is 6.69. The molecule has 0 aliphatic carbocycles. The molecule has 0 bridgehead atoms. The van der Waals surface area contributed by atoms with Gasteiger partial charge in [0.2, 0.25) is 0 Å². The third-order valence-electron chi connectivity index (χ3n) is 3.33. The molecule has 0 amide bonds. The van der Waals surface area contributed by atoms with E-state index in [0.29, 0.717) is 0 Å². The van der Waals surface area contributed by atoms with Crippen LogP contribution in [0.15, 0.2) is 12.2 Å². The highest BCUT2D eigenvalue weighted by Gasteiger charge is 2.23. The maximum atomic E-state index is 3.25. The molecule has 0 aliphatic rings. The summed E-state index contributed by atoms with van der Waals surface area (Å²) in [6.07, 6.45) is 10.6. The van der Waals surface area contributed by atoms with Gasteiger partial charge >= 0.3 is 0 Å². The Kier molecular flexibility index (Phi) is 8.08. The van der Waals surface area contributed by atoms with Crippen molar-refractivity contribution in [1.29, 1.82) is 0 Å². The number of allylic oxidation sites excluding steroid dienone is 2. The molecular weight excluding hydrogens is 192 g/mol. The molecule has 0 heteroatoms. The number of rotatable bonds is 7. The summed E-state index contributed by atoms with van der Waals surface area (Å²) < 4.78 is 0. The highest BCUT2D eigenvalue weighted by Crippen LogP contribution is 2.34. The fourth-order valence-electron chi connectivity index (χ4n) is 2.13. The van der Waals surface area contributed by atoms with Gasteiger partial charge in [-0.05, 0) is 31.1 Å². The lowest BCUT2D eigenvalue weighted by Gasteiger charge is -2.28. The summed E-state index contributed by atoms with van der Waals surface area (Å²) in [5.74, 6) is 7.11. The third-order valence-corrected chi connectivity index (χ3v) is 3.33. The molecule has 0 nitrogen and oxygen atoms in total. The zero-order valence-corrected chi connectivity index (χ0v) is 11.8. The number of hydrogen-bond donors (Lipinski definition) is 0. The normalized spacial score (nSPS) is 14.9. The molecule has 1 unspecified atom stereocenters. The third kappa shape index (κ3) is 6.01. The summed E-state index contributed by atoms with van der Waals surface area (Å²) >= 11 is 0. The average Bonchev–Trinajstić information content (AvgIpc) is 2.31. The van der Waals surface area contributed by atoms with Crippen LogP contribution in [0.4, 0.5) is 0 Å². The van der Waals surface area contributed by atoms with Gasteiger partial charge in [-0.3, -0.25) is 0 Å². The Labute approximate surface area is 103 Å². The molecular formula is C16H28. The van der Waals surface area contributed by atoms with Gasteiger partial charge in [-0.1, -0.05) is 52.7 Å². The first kappa shape index (κ1) is 15.3. The maximum absolute atomic E-state index is 3.25. The largest absolute Gasteiger partial charge is 0.107 e. The van der Waals surface area contributed by atoms with Crippen molar-refractivity contribution in [2.24, 2.45) is 11.3 Å². The zero-order chi connectivity index (χ0) is 12.4. The highest BCUT2D eigenvalue weighted by atomic mass is 14.3. The Morgan fingerprint density at radius 1 is 1.19 bits per heavy atom. The van der Waals surface area contributed by atoms with E-state index in [0.717, 1.165) is 18.8 Å². The lowest BCUT2D eigenvalue weighted by molar-refractivity contribution is 0.298. The Bertz CT molecular complexity index is 247. The van der Waals surface area contributed by atoms with Gasteiger partial charge < -0.3 is 0 Å². The lowest BCUT2D eigenvalue weighted by Crippen LogP contribution is -2.17. The second-order valence-electron chi connectivity index (χ2n) is 4.95. The van der Waals surface area contributed by atoms with Gasteiger partial charge in [-0.15, -0.1) is 11.8 Å². The maximum Gasteiger partial charge on any atom is 0.0177 e. The predicted molar refractivity (Wildman–Crippen MR) is 74.3 cm³/mol. The van der Waals surface area contributed by atoms with Crippen molar-refractivity contribution < 1.29 is 0 Å². The van der Waals surface area contributed by atoms with Gasteiger partial charge in [0.25, 0.3) is 0 Å². The van der Waals surface area contributed by atoms with E-state index in [2.05, 4.69) is 51.7 Å². The molecule has 0 fully saturated rings. The summed E-state index contributed by atoms with van der Waals surface area (Å²) in [5.41, 5.74) is 0.274. The molecule has 0 saturated carbocycles. The first-order chi connectivity index (χ1) is 7.61. The van der Waals surface area contributed by atoms with Crippen LogP contribution < -0.4 is 0 Å². The van der Waals surface area contributed by atoms with E-state index in [1.807, 2.05) is 6.92 Å². The van der Waals surface area contributed by atoms with Crippen LogP contribution in [0.5, 0.6) is 0 Å². The summed E-state index contributed by atoms with van der Waals surface area (Å²) in [6.45, 7) is 11.1. The molecule has 92 valence electrons. The van der Waals surface area contributed by atoms with Crippen molar-refractivity contribution in [2.75, 3.05) is 0 Å². The van der Waals surface area contributed by atoms with E-state index in [1.165, 1.54) is 19.3 Å². The van der Waals surface area contributed by atoms with E-state index in [-0.39, 0.29) is 5.41 Å². The van der Waals surface area contributed by atoms with Crippen molar-refractivity contribution in [2.45, 2.75) is 66.7 Å². The quantitative estimate of drug-likeness (QED) is 0.409. The molecule has 1 atom stereocenters. The molecule has 0 radical (unpaired) electrons. The van der Waals surface area contributed by atoms with Gasteiger partial charge in [-0.25, -0.2) is 0 Å². The first-order valence-electron chi connectivity index (χ1n) is 6.69. The van der Waals surface area contributed by atoms with Crippen molar-refractivity contribution >= 4 is 0 Å².